The Hall–Kier alpha value is -1.19. The van der Waals surface area contributed by atoms with E-state index in [4.69, 9.17) is 0 Å². The number of hydrogen-bond acceptors (Lipinski definition) is 3. The molecular weight excluding hydrogens is 158 g/mol. The van der Waals surface area contributed by atoms with Gasteiger partial charge >= 0.3 is 0 Å². The van der Waals surface area contributed by atoms with Crippen LogP contribution in [0.3, 0.4) is 0 Å². The van der Waals surface area contributed by atoms with Crippen molar-refractivity contribution in [2.24, 2.45) is 5.92 Å². The SMILES string of the molecule is O=C(C[N+](=O)[O-])C1CC=CCC1. The van der Waals surface area contributed by atoms with E-state index < -0.39 is 11.5 Å². The zero-order chi connectivity index (χ0) is 8.97. The van der Waals surface area contributed by atoms with Crippen LogP contribution in [0.5, 0.6) is 0 Å². The first kappa shape index (κ1) is 8.90. The van der Waals surface area contributed by atoms with E-state index in [0.717, 1.165) is 12.8 Å². The number of nitrogens with zero attached hydrogens (tertiary/aromatic N) is 1. The van der Waals surface area contributed by atoms with Crippen molar-refractivity contribution in [1.82, 2.24) is 0 Å². The maximum absolute atomic E-state index is 11.1. The molecule has 12 heavy (non-hydrogen) atoms. The predicted octanol–water partition coefficient (Wildman–Crippen LogP) is 1.19. The Morgan fingerprint density at radius 3 is 2.83 bits per heavy atom. The molecular formula is C8H11NO3. The summed E-state index contributed by atoms with van der Waals surface area (Å²) in [5.41, 5.74) is 0. The molecule has 0 aromatic heterocycles. The minimum atomic E-state index is -0.555. The molecule has 0 fully saturated rings. The molecule has 0 radical (unpaired) electrons. The number of ketones is 1. The first-order valence-electron chi connectivity index (χ1n) is 3.99. The summed E-state index contributed by atoms with van der Waals surface area (Å²) < 4.78 is 0. The Bertz CT molecular complexity index is 222. The zero-order valence-corrected chi connectivity index (χ0v) is 6.73. The third kappa shape index (κ3) is 2.45. The van der Waals surface area contributed by atoms with E-state index in [0.29, 0.717) is 6.42 Å². The highest BCUT2D eigenvalue weighted by molar-refractivity contribution is 5.82. The van der Waals surface area contributed by atoms with Gasteiger partial charge < -0.3 is 0 Å². The van der Waals surface area contributed by atoms with E-state index in [1.165, 1.54) is 0 Å². The molecule has 1 unspecified atom stereocenters. The van der Waals surface area contributed by atoms with Crippen molar-refractivity contribution in [2.75, 3.05) is 6.54 Å². The van der Waals surface area contributed by atoms with Crippen molar-refractivity contribution in [2.45, 2.75) is 19.3 Å². The van der Waals surface area contributed by atoms with Crippen LogP contribution in [0.4, 0.5) is 0 Å². The summed E-state index contributed by atoms with van der Waals surface area (Å²) in [6, 6.07) is 0. The number of hydrogen-bond donors (Lipinski definition) is 0. The number of rotatable bonds is 3. The number of carbonyl (C=O) groups is 1. The van der Waals surface area contributed by atoms with E-state index in [2.05, 4.69) is 0 Å². The summed E-state index contributed by atoms with van der Waals surface area (Å²) >= 11 is 0. The maximum atomic E-state index is 11.1. The van der Waals surface area contributed by atoms with Gasteiger partial charge in [-0.15, -0.1) is 0 Å². The summed E-state index contributed by atoms with van der Waals surface area (Å²) in [5, 5.41) is 10.0. The van der Waals surface area contributed by atoms with E-state index >= 15 is 0 Å². The van der Waals surface area contributed by atoms with Crippen LogP contribution in [-0.4, -0.2) is 17.3 Å². The predicted molar refractivity (Wildman–Crippen MR) is 43.3 cm³/mol. The molecule has 0 bridgehead atoms. The highest BCUT2D eigenvalue weighted by atomic mass is 16.6. The van der Waals surface area contributed by atoms with Gasteiger partial charge in [-0.05, 0) is 19.3 Å². The van der Waals surface area contributed by atoms with Crippen molar-refractivity contribution in [3.63, 3.8) is 0 Å². The first-order chi connectivity index (χ1) is 5.70. The van der Waals surface area contributed by atoms with E-state index in [1.54, 1.807) is 0 Å². The van der Waals surface area contributed by atoms with Crippen molar-refractivity contribution in [3.8, 4) is 0 Å². The van der Waals surface area contributed by atoms with E-state index in [1.807, 2.05) is 12.2 Å². The lowest BCUT2D eigenvalue weighted by Crippen LogP contribution is -2.23. The summed E-state index contributed by atoms with van der Waals surface area (Å²) in [6.45, 7) is -0.515. The van der Waals surface area contributed by atoms with Crippen LogP contribution >= 0.6 is 0 Å². The monoisotopic (exact) mass is 169 g/mol. The quantitative estimate of drug-likeness (QED) is 0.362. The molecule has 4 heteroatoms. The van der Waals surface area contributed by atoms with Crippen LogP contribution in [0.25, 0.3) is 0 Å². The lowest BCUT2D eigenvalue weighted by atomic mass is 9.91. The van der Waals surface area contributed by atoms with Crippen molar-refractivity contribution in [1.29, 1.82) is 0 Å². The number of carbonyl (C=O) groups excluding carboxylic acids is 1. The average Bonchev–Trinajstić information content (AvgIpc) is 2.05. The molecule has 0 saturated heterocycles. The molecule has 0 heterocycles. The fraction of sp³-hybridized carbons (Fsp3) is 0.625. The normalized spacial score (nSPS) is 22.2. The molecule has 1 rings (SSSR count). The fourth-order valence-corrected chi connectivity index (χ4v) is 1.34. The minimum absolute atomic E-state index is 0.111. The highest BCUT2D eigenvalue weighted by Gasteiger charge is 2.22. The van der Waals surface area contributed by atoms with Gasteiger partial charge in [0.25, 0.3) is 6.54 Å². The van der Waals surface area contributed by atoms with Gasteiger partial charge in [0.05, 0.1) is 0 Å². The fourth-order valence-electron chi connectivity index (χ4n) is 1.34. The van der Waals surface area contributed by atoms with Crippen molar-refractivity contribution >= 4 is 5.78 Å². The summed E-state index contributed by atoms with van der Waals surface area (Å²) in [6.07, 6.45) is 6.24. The molecule has 0 aromatic carbocycles. The maximum Gasteiger partial charge on any atom is 0.261 e. The number of allylic oxidation sites excluding steroid dienone is 2. The van der Waals surface area contributed by atoms with Crippen LogP contribution in [-0.2, 0) is 4.79 Å². The Balaban J connectivity index is 2.41. The van der Waals surface area contributed by atoms with Crippen LogP contribution in [0.2, 0.25) is 0 Å². The summed E-state index contributed by atoms with van der Waals surface area (Å²) in [5.74, 6) is -0.343. The molecule has 1 atom stereocenters. The lowest BCUT2D eigenvalue weighted by molar-refractivity contribution is -0.467. The van der Waals surface area contributed by atoms with Gasteiger partial charge in [-0.2, -0.15) is 0 Å². The average molecular weight is 169 g/mol. The minimum Gasteiger partial charge on any atom is -0.292 e. The molecule has 0 N–H and O–H groups in total. The Morgan fingerprint density at radius 1 is 1.58 bits per heavy atom. The molecule has 1 aliphatic carbocycles. The van der Waals surface area contributed by atoms with Crippen LogP contribution < -0.4 is 0 Å². The standard InChI is InChI=1S/C8H11NO3/c10-8(6-9(11)12)7-4-2-1-3-5-7/h1-2,7H,3-6H2. The van der Waals surface area contributed by atoms with Crippen LogP contribution in [0.1, 0.15) is 19.3 Å². The van der Waals surface area contributed by atoms with Gasteiger partial charge in [0.2, 0.25) is 5.78 Å². The third-order valence-electron chi connectivity index (χ3n) is 2.01. The van der Waals surface area contributed by atoms with Gasteiger partial charge in [0, 0.05) is 10.8 Å². The van der Waals surface area contributed by atoms with E-state index in [9.17, 15) is 14.9 Å². The van der Waals surface area contributed by atoms with E-state index in [-0.39, 0.29) is 11.7 Å². The Morgan fingerprint density at radius 2 is 2.33 bits per heavy atom. The molecule has 0 amide bonds. The van der Waals surface area contributed by atoms with Crippen LogP contribution in [0, 0.1) is 16.0 Å². The van der Waals surface area contributed by atoms with Crippen molar-refractivity contribution in [3.05, 3.63) is 22.3 Å². The summed E-state index contributed by atoms with van der Waals surface area (Å²) in [7, 11) is 0. The topological polar surface area (TPSA) is 60.2 Å². The van der Waals surface area contributed by atoms with Gasteiger partial charge in [0.1, 0.15) is 0 Å². The number of nitro groups is 1. The molecule has 4 nitrogen and oxygen atoms in total. The first-order valence-corrected chi connectivity index (χ1v) is 3.99. The third-order valence-corrected chi connectivity index (χ3v) is 2.01. The van der Waals surface area contributed by atoms with Gasteiger partial charge in [-0.1, -0.05) is 12.2 Å². The smallest absolute Gasteiger partial charge is 0.261 e. The van der Waals surface area contributed by atoms with Gasteiger partial charge in [-0.25, -0.2) is 0 Å². The second-order valence-electron chi connectivity index (χ2n) is 2.94. The molecule has 1 aliphatic rings. The highest BCUT2D eigenvalue weighted by Crippen LogP contribution is 2.18. The molecule has 66 valence electrons. The van der Waals surface area contributed by atoms with Crippen molar-refractivity contribution < 1.29 is 9.72 Å². The molecule has 0 aromatic rings. The van der Waals surface area contributed by atoms with Crippen LogP contribution in [0.15, 0.2) is 12.2 Å². The molecule has 0 aliphatic heterocycles. The lowest BCUT2D eigenvalue weighted by Gasteiger charge is -2.13. The largest absolute Gasteiger partial charge is 0.292 e. The molecule has 0 saturated carbocycles. The number of Topliss-reactive ketones (excluding diaryl/α,β-unsaturated/α-hetero) is 1. The second kappa shape index (κ2) is 3.99. The summed E-state index contributed by atoms with van der Waals surface area (Å²) in [4.78, 5) is 20.6. The zero-order valence-electron chi connectivity index (χ0n) is 6.73. The molecule has 0 spiro atoms. The van der Waals surface area contributed by atoms with Gasteiger partial charge in [-0.3, -0.25) is 14.9 Å². The second-order valence-corrected chi connectivity index (χ2v) is 2.94. The Kier molecular flexibility index (Phi) is 2.96. The Labute approximate surface area is 70.4 Å². The van der Waals surface area contributed by atoms with Gasteiger partial charge in [0.15, 0.2) is 0 Å².